The smallest absolute Gasteiger partial charge is 0.0662 e. The minimum Gasteiger partial charge on any atom is -0.394 e. The zero-order valence-electron chi connectivity index (χ0n) is 11.3. The van der Waals surface area contributed by atoms with E-state index in [1.54, 1.807) is 12.2 Å². The standard InChI is InChI=1S/3C3H6.2C2H6O2/c1-2-3-1;2*1-3-2;2*3-1-2-4/h1-3H2;2*3H,1H2,2H3;2*3-4H,1-2H2. The lowest BCUT2D eigenvalue weighted by Crippen LogP contribution is -1.85. The SMILES string of the molecule is C1CC1.C=CC.C=CC.OCCO.OCCO. The highest BCUT2D eigenvalue weighted by Gasteiger charge is 1.95. The number of hydrogen-bond acceptors (Lipinski definition) is 4. The Morgan fingerprint density at radius 1 is 0.706 bits per heavy atom. The van der Waals surface area contributed by atoms with Crippen LogP contribution in [0.4, 0.5) is 0 Å². The summed E-state index contributed by atoms with van der Waals surface area (Å²) in [5.74, 6) is 0. The van der Waals surface area contributed by atoms with Gasteiger partial charge in [0, 0.05) is 0 Å². The second-order valence-electron chi connectivity index (χ2n) is 2.77. The fourth-order valence-electron chi connectivity index (χ4n) is 0. The number of aliphatic hydroxyl groups excluding tert-OH is 4. The Labute approximate surface area is 106 Å². The van der Waals surface area contributed by atoms with E-state index in [0.29, 0.717) is 0 Å². The molecule has 0 aromatic carbocycles. The fraction of sp³-hybridized carbons (Fsp3) is 0.692. The van der Waals surface area contributed by atoms with Gasteiger partial charge in [-0.2, -0.15) is 0 Å². The van der Waals surface area contributed by atoms with Crippen LogP contribution in [0.25, 0.3) is 0 Å². The van der Waals surface area contributed by atoms with E-state index in [4.69, 9.17) is 20.4 Å². The van der Waals surface area contributed by atoms with Crippen molar-refractivity contribution in [3.63, 3.8) is 0 Å². The summed E-state index contributed by atoms with van der Waals surface area (Å²) in [5, 5.41) is 30.5. The number of hydrogen-bond donors (Lipinski definition) is 4. The third kappa shape index (κ3) is 505. The quantitative estimate of drug-likeness (QED) is 0.560. The highest BCUT2D eigenvalue weighted by Crippen LogP contribution is 2.14. The molecule has 1 rings (SSSR count). The summed E-state index contributed by atoms with van der Waals surface area (Å²) in [6, 6.07) is 0. The van der Waals surface area contributed by atoms with Crippen molar-refractivity contribution in [1.82, 2.24) is 0 Å². The van der Waals surface area contributed by atoms with Crippen molar-refractivity contribution in [2.45, 2.75) is 33.1 Å². The lowest BCUT2D eigenvalue weighted by molar-refractivity contribution is 0.186. The Balaban J connectivity index is -0.0000000625. The Hall–Kier alpha value is -0.680. The lowest BCUT2D eigenvalue weighted by Gasteiger charge is -1.70. The van der Waals surface area contributed by atoms with Crippen molar-refractivity contribution in [3.8, 4) is 0 Å². The first kappa shape index (κ1) is 25.2. The molecule has 0 aromatic heterocycles. The molecule has 1 aliphatic rings. The van der Waals surface area contributed by atoms with Crippen LogP contribution in [0.1, 0.15) is 33.1 Å². The van der Waals surface area contributed by atoms with Crippen molar-refractivity contribution in [3.05, 3.63) is 25.3 Å². The second kappa shape index (κ2) is 45.4. The topological polar surface area (TPSA) is 80.9 Å². The van der Waals surface area contributed by atoms with Gasteiger partial charge in [0.2, 0.25) is 0 Å². The molecular formula is C13H30O4. The molecule has 4 N–H and O–H groups in total. The molecule has 1 fully saturated rings. The molecule has 4 heteroatoms. The van der Waals surface area contributed by atoms with E-state index in [9.17, 15) is 0 Å². The predicted octanol–water partition coefficient (Wildman–Crippen LogP) is 1.50. The molecule has 0 saturated heterocycles. The molecule has 0 heterocycles. The molecule has 0 radical (unpaired) electrons. The molecule has 0 bridgehead atoms. The van der Waals surface area contributed by atoms with Crippen LogP contribution in [0.5, 0.6) is 0 Å². The molecule has 106 valence electrons. The summed E-state index contributed by atoms with van der Waals surface area (Å²) in [4.78, 5) is 0. The molecule has 0 atom stereocenters. The van der Waals surface area contributed by atoms with E-state index >= 15 is 0 Å². The van der Waals surface area contributed by atoms with Gasteiger partial charge in [-0.15, -0.1) is 13.2 Å². The van der Waals surface area contributed by atoms with E-state index in [0.717, 1.165) is 0 Å². The molecule has 0 aromatic rings. The van der Waals surface area contributed by atoms with Crippen molar-refractivity contribution in [1.29, 1.82) is 0 Å². The summed E-state index contributed by atoms with van der Waals surface area (Å²) >= 11 is 0. The first-order chi connectivity index (χ1) is 8.16. The van der Waals surface area contributed by atoms with Gasteiger partial charge < -0.3 is 20.4 Å². The lowest BCUT2D eigenvalue weighted by atomic mass is 10.8. The van der Waals surface area contributed by atoms with Crippen LogP contribution in [0, 0.1) is 0 Å². The monoisotopic (exact) mass is 250 g/mol. The molecule has 17 heavy (non-hydrogen) atoms. The van der Waals surface area contributed by atoms with Crippen molar-refractivity contribution in [2.75, 3.05) is 26.4 Å². The third-order valence-electron chi connectivity index (χ3n) is 0.554. The third-order valence-corrected chi connectivity index (χ3v) is 0.554. The summed E-state index contributed by atoms with van der Waals surface area (Å²) < 4.78 is 0. The van der Waals surface area contributed by atoms with Crippen LogP contribution in [0.3, 0.4) is 0 Å². The normalized spacial score (nSPS) is 9.29. The Morgan fingerprint density at radius 2 is 0.824 bits per heavy atom. The number of allylic oxidation sites excluding steroid dienone is 2. The molecule has 0 spiro atoms. The minimum absolute atomic E-state index is 0.125. The number of rotatable bonds is 2. The number of aliphatic hydroxyl groups is 4. The van der Waals surface area contributed by atoms with Crippen LogP contribution in [-0.4, -0.2) is 46.9 Å². The van der Waals surface area contributed by atoms with Gasteiger partial charge in [-0.3, -0.25) is 0 Å². The maximum atomic E-state index is 7.62. The van der Waals surface area contributed by atoms with Crippen LogP contribution in [0.15, 0.2) is 25.3 Å². The molecule has 0 unspecified atom stereocenters. The highest BCUT2D eigenvalue weighted by atomic mass is 16.3. The van der Waals surface area contributed by atoms with E-state index in [2.05, 4.69) is 13.2 Å². The highest BCUT2D eigenvalue weighted by molar-refractivity contribution is 4.52. The minimum atomic E-state index is -0.125. The van der Waals surface area contributed by atoms with Gasteiger partial charge in [0.25, 0.3) is 0 Å². The van der Waals surface area contributed by atoms with Gasteiger partial charge in [0.1, 0.15) is 0 Å². The molecule has 1 saturated carbocycles. The molecular weight excluding hydrogens is 220 g/mol. The summed E-state index contributed by atoms with van der Waals surface area (Å²) in [5.41, 5.74) is 0. The predicted molar refractivity (Wildman–Crippen MR) is 73.9 cm³/mol. The average Bonchev–Trinajstić information content (AvgIpc) is 3.19. The van der Waals surface area contributed by atoms with Gasteiger partial charge in [0.15, 0.2) is 0 Å². The average molecular weight is 250 g/mol. The van der Waals surface area contributed by atoms with Crippen molar-refractivity contribution < 1.29 is 20.4 Å². The van der Waals surface area contributed by atoms with Crippen LogP contribution in [0.2, 0.25) is 0 Å². The Bertz CT molecular complexity index is 86.8. The van der Waals surface area contributed by atoms with Gasteiger partial charge in [-0.25, -0.2) is 0 Å². The van der Waals surface area contributed by atoms with Crippen molar-refractivity contribution >= 4 is 0 Å². The molecule has 1 aliphatic carbocycles. The van der Waals surface area contributed by atoms with E-state index < -0.39 is 0 Å². The van der Waals surface area contributed by atoms with Gasteiger partial charge in [-0.05, 0) is 13.8 Å². The van der Waals surface area contributed by atoms with Crippen molar-refractivity contribution in [2.24, 2.45) is 0 Å². The summed E-state index contributed by atoms with van der Waals surface area (Å²) in [6.45, 7) is 10.0. The van der Waals surface area contributed by atoms with Gasteiger partial charge >= 0.3 is 0 Å². The first-order valence-corrected chi connectivity index (χ1v) is 5.74. The maximum Gasteiger partial charge on any atom is 0.0662 e. The Morgan fingerprint density at radius 3 is 0.824 bits per heavy atom. The molecule has 0 amide bonds. The van der Waals surface area contributed by atoms with Gasteiger partial charge in [-0.1, -0.05) is 31.4 Å². The fourth-order valence-corrected chi connectivity index (χ4v) is 0. The summed E-state index contributed by atoms with van der Waals surface area (Å²) in [6.07, 6.45) is 8.00. The summed E-state index contributed by atoms with van der Waals surface area (Å²) in [7, 11) is 0. The zero-order chi connectivity index (χ0) is 14.4. The zero-order valence-corrected chi connectivity index (χ0v) is 11.3. The van der Waals surface area contributed by atoms with Crippen LogP contribution < -0.4 is 0 Å². The Kier molecular flexibility index (Phi) is 67.4. The largest absolute Gasteiger partial charge is 0.394 e. The first-order valence-electron chi connectivity index (χ1n) is 5.74. The second-order valence-corrected chi connectivity index (χ2v) is 2.77. The van der Waals surface area contributed by atoms with E-state index in [1.165, 1.54) is 19.3 Å². The molecule has 0 aliphatic heterocycles. The van der Waals surface area contributed by atoms with Crippen LogP contribution >= 0.6 is 0 Å². The van der Waals surface area contributed by atoms with E-state index in [1.807, 2.05) is 13.8 Å². The maximum absolute atomic E-state index is 7.62. The van der Waals surface area contributed by atoms with Crippen LogP contribution in [-0.2, 0) is 0 Å². The van der Waals surface area contributed by atoms with Gasteiger partial charge in [0.05, 0.1) is 26.4 Å². The molecule has 4 nitrogen and oxygen atoms in total. The van der Waals surface area contributed by atoms with E-state index in [-0.39, 0.29) is 26.4 Å².